The second-order valence-corrected chi connectivity index (χ2v) is 9.25. The summed E-state index contributed by atoms with van der Waals surface area (Å²) in [5.74, 6) is 1.32. The SMILES string of the molecule is CCOC(=O)c1sc(-c2cc3cc(OCC4CC4)cc(Br)c3s2)nc1C. The smallest absolute Gasteiger partial charge is 0.350 e. The van der Waals surface area contributed by atoms with E-state index >= 15 is 0 Å². The number of hydrogen-bond acceptors (Lipinski definition) is 6. The number of hydrogen-bond donors (Lipinski definition) is 0. The molecule has 1 aromatic carbocycles. The highest BCUT2D eigenvalue weighted by molar-refractivity contribution is 9.10. The maximum atomic E-state index is 12.0. The van der Waals surface area contributed by atoms with E-state index in [1.807, 2.05) is 19.9 Å². The van der Waals surface area contributed by atoms with Gasteiger partial charge in [0.25, 0.3) is 0 Å². The monoisotopic (exact) mass is 451 g/mol. The summed E-state index contributed by atoms with van der Waals surface area (Å²) in [5, 5.41) is 1.97. The molecule has 0 atom stereocenters. The quantitative estimate of drug-likeness (QED) is 0.427. The summed E-state index contributed by atoms with van der Waals surface area (Å²) in [6, 6.07) is 6.22. The molecule has 4 nitrogen and oxygen atoms in total. The van der Waals surface area contributed by atoms with Crippen molar-refractivity contribution in [2.75, 3.05) is 13.2 Å². The number of halogens is 1. The summed E-state index contributed by atoms with van der Waals surface area (Å²) < 4.78 is 13.2. The number of carbonyl (C=O) groups is 1. The lowest BCUT2D eigenvalue weighted by Gasteiger charge is -2.06. The van der Waals surface area contributed by atoms with E-state index in [1.165, 1.54) is 24.2 Å². The summed E-state index contributed by atoms with van der Waals surface area (Å²) in [4.78, 5) is 18.2. The summed E-state index contributed by atoms with van der Waals surface area (Å²) in [5.41, 5.74) is 0.716. The molecule has 0 bridgehead atoms. The van der Waals surface area contributed by atoms with E-state index in [1.54, 1.807) is 11.3 Å². The molecule has 1 fully saturated rings. The minimum atomic E-state index is -0.299. The van der Waals surface area contributed by atoms with Crippen LogP contribution in [0.5, 0.6) is 5.75 Å². The molecule has 2 aromatic heterocycles. The number of esters is 1. The van der Waals surface area contributed by atoms with E-state index in [2.05, 4.69) is 33.0 Å². The van der Waals surface area contributed by atoms with Crippen LogP contribution in [0.3, 0.4) is 0 Å². The van der Waals surface area contributed by atoms with Gasteiger partial charge in [0.2, 0.25) is 0 Å². The van der Waals surface area contributed by atoms with Crippen LogP contribution in [0, 0.1) is 12.8 Å². The Morgan fingerprint density at radius 1 is 1.31 bits per heavy atom. The van der Waals surface area contributed by atoms with Crippen molar-refractivity contribution in [3.8, 4) is 15.6 Å². The predicted molar refractivity (Wildman–Crippen MR) is 110 cm³/mol. The molecule has 136 valence electrons. The van der Waals surface area contributed by atoms with Crippen molar-refractivity contribution in [2.45, 2.75) is 26.7 Å². The Balaban J connectivity index is 1.65. The molecule has 0 saturated heterocycles. The number of rotatable bonds is 6. The Bertz CT molecular complexity index is 975. The number of ether oxygens (including phenoxy) is 2. The fourth-order valence-corrected chi connectivity index (χ4v) is 5.41. The Morgan fingerprint density at radius 3 is 2.85 bits per heavy atom. The van der Waals surface area contributed by atoms with Gasteiger partial charge in [-0.25, -0.2) is 9.78 Å². The lowest BCUT2D eigenvalue weighted by Crippen LogP contribution is -2.03. The average Bonchev–Trinajstić information content (AvgIpc) is 3.20. The minimum Gasteiger partial charge on any atom is -0.493 e. The van der Waals surface area contributed by atoms with Gasteiger partial charge >= 0.3 is 5.97 Å². The topological polar surface area (TPSA) is 48.4 Å². The number of carbonyl (C=O) groups excluding carboxylic acids is 1. The molecule has 0 unspecified atom stereocenters. The predicted octanol–water partition coefficient (Wildman–Crippen LogP) is 6.06. The van der Waals surface area contributed by atoms with E-state index < -0.39 is 0 Å². The largest absolute Gasteiger partial charge is 0.493 e. The van der Waals surface area contributed by atoms with E-state index in [0.29, 0.717) is 17.2 Å². The fourth-order valence-electron chi connectivity index (χ4n) is 2.66. The molecule has 2 heterocycles. The third-order valence-electron chi connectivity index (χ3n) is 4.20. The maximum Gasteiger partial charge on any atom is 0.350 e. The molecule has 7 heteroatoms. The number of benzene rings is 1. The molecule has 1 aliphatic rings. The van der Waals surface area contributed by atoms with Crippen LogP contribution >= 0.6 is 38.6 Å². The number of fused-ring (bicyclic) bond motifs is 1. The first kappa shape index (κ1) is 17.9. The zero-order valence-electron chi connectivity index (χ0n) is 14.5. The first-order chi connectivity index (χ1) is 12.5. The molecule has 0 spiro atoms. The van der Waals surface area contributed by atoms with Gasteiger partial charge in [-0.1, -0.05) is 0 Å². The zero-order chi connectivity index (χ0) is 18.3. The number of nitrogens with zero attached hydrogens (tertiary/aromatic N) is 1. The lowest BCUT2D eigenvalue weighted by molar-refractivity contribution is 0.0531. The van der Waals surface area contributed by atoms with Crippen LogP contribution in [0.25, 0.3) is 20.0 Å². The Morgan fingerprint density at radius 2 is 2.12 bits per heavy atom. The summed E-state index contributed by atoms with van der Waals surface area (Å²) in [6.07, 6.45) is 2.55. The van der Waals surface area contributed by atoms with E-state index in [0.717, 1.165) is 42.7 Å². The van der Waals surface area contributed by atoms with Gasteiger partial charge in [0, 0.05) is 9.17 Å². The van der Waals surface area contributed by atoms with E-state index in [4.69, 9.17) is 9.47 Å². The van der Waals surface area contributed by atoms with Crippen molar-refractivity contribution in [1.82, 2.24) is 4.98 Å². The fraction of sp³-hybridized carbons (Fsp3) is 0.368. The number of aryl methyl sites for hydroxylation is 1. The maximum absolute atomic E-state index is 12.0. The summed E-state index contributed by atoms with van der Waals surface area (Å²) in [6.45, 7) is 4.81. The molecule has 26 heavy (non-hydrogen) atoms. The Labute approximate surface area is 168 Å². The molecular formula is C19H18BrNO3S2. The van der Waals surface area contributed by atoms with Gasteiger partial charge < -0.3 is 9.47 Å². The second kappa shape index (κ2) is 7.29. The van der Waals surface area contributed by atoms with Crippen molar-refractivity contribution in [1.29, 1.82) is 0 Å². The first-order valence-electron chi connectivity index (χ1n) is 8.56. The van der Waals surface area contributed by atoms with Crippen molar-refractivity contribution in [3.63, 3.8) is 0 Å². The van der Waals surface area contributed by atoms with Crippen molar-refractivity contribution in [2.24, 2.45) is 5.92 Å². The van der Waals surface area contributed by atoms with Crippen LogP contribution in [0.2, 0.25) is 0 Å². The molecule has 0 radical (unpaired) electrons. The molecule has 0 amide bonds. The first-order valence-corrected chi connectivity index (χ1v) is 11.0. The number of thiophene rings is 1. The third kappa shape index (κ3) is 3.66. The molecular weight excluding hydrogens is 434 g/mol. The standard InChI is InChI=1S/C19H18BrNO3S2/c1-3-23-19(22)16-10(2)21-18(26-16)15-7-12-6-13(24-9-11-4-5-11)8-14(20)17(12)25-15/h6-8,11H,3-5,9H2,1-2H3. The minimum absolute atomic E-state index is 0.299. The van der Waals surface area contributed by atoms with Crippen LogP contribution in [0.15, 0.2) is 22.7 Å². The van der Waals surface area contributed by atoms with Crippen LogP contribution in [0.1, 0.15) is 35.1 Å². The van der Waals surface area contributed by atoms with Crippen LogP contribution in [-0.4, -0.2) is 24.2 Å². The van der Waals surface area contributed by atoms with Gasteiger partial charge in [-0.15, -0.1) is 22.7 Å². The molecule has 1 aliphatic carbocycles. The zero-order valence-corrected chi connectivity index (χ0v) is 17.7. The van der Waals surface area contributed by atoms with Crippen LogP contribution in [0.4, 0.5) is 0 Å². The normalized spacial score (nSPS) is 14.0. The van der Waals surface area contributed by atoms with E-state index in [9.17, 15) is 4.79 Å². The van der Waals surface area contributed by atoms with Crippen LogP contribution < -0.4 is 4.74 Å². The van der Waals surface area contributed by atoms with E-state index in [-0.39, 0.29) is 5.97 Å². The van der Waals surface area contributed by atoms with Crippen molar-refractivity contribution in [3.05, 3.63) is 33.2 Å². The van der Waals surface area contributed by atoms with Gasteiger partial charge in [0.05, 0.1) is 23.8 Å². The summed E-state index contributed by atoms with van der Waals surface area (Å²) >= 11 is 6.71. The Kier molecular flexibility index (Phi) is 5.03. The highest BCUT2D eigenvalue weighted by Crippen LogP contribution is 2.42. The van der Waals surface area contributed by atoms with Gasteiger partial charge in [-0.05, 0) is 72.1 Å². The van der Waals surface area contributed by atoms with Gasteiger partial charge in [-0.2, -0.15) is 0 Å². The van der Waals surface area contributed by atoms with Crippen LogP contribution in [-0.2, 0) is 4.74 Å². The molecule has 3 aromatic rings. The number of aromatic nitrogens is 1. The summed E-state index contributed by atoms with van der Waals surface area (Å²) in [7, 11) is 0. The van der Waals surface area contributed by atoms with Gasteiger partial charge in [0.15, 0.2) is 0 Å². The second-order valence-electron chi connectivity index (χ2n) is 6.34. The molecule has 0 N–H and O–H groups in total. The van der Waals surface area contributed by atoms with Crippen molar-refractivity contribution >= 4 is 54.7 Å². The number of thiazole rings is 1. The highest BCUT2D eigenvalue weighted by atomic mass is 79.9. The highest BCUT2D eigenvalue weighted by Gasteiger charge is 2.22. The Hall–Kier alpha value is -1.44. The molecule has 4 rings (SSSR count). The lowest BCUT2D eigenvalue weighted by atomic mass is 10.2. The average molecular weight is 452 g/mol. The van der Waals surface area contributed by atoms with Gasteiger partial charge in [-0.3, -0.25) is 0 Å². The van der Waals surface area contributed by atoms with Gasteiger partial charge in [0.1, 0.15) is 15.6 Å². The molecule has 0 aliphatic heterocycles. The van der Waals surface area contributed by atoms with Crippen molar-refractivity contribution < 1.29 is 14.3 Å². The third-order valence-corrected chi connectivity index (χ3v) is 7.57. The molecule has 1 saturated carbocycles.